The molecule has 0 radical (unpaired) electrons. The SMILES string of the molecule is CCc1ccc(O)c(O)c1.Cl.N. The van der Waals surface area contributed by atoms with Gasteiger partial charge in [0.1, 0.15) is 0 Å². The molecule has 12 heavy (non-hydrogen) atoms. The van der Waals surface area contributed by atoms with Crippen LogP contribution in [0.25, 0.3) is 0 Å². The van der Waals surface area contributed by atoms with Crippen LogP contribution in [0.15, 0.2) is 18.2 Å². The summed E-state index contributed by atoms with van der Waals surface area (Å²) in [5.74, 6) is -0.100. The van der Waals surface area contributed by atoms with Gasteiger partial charge in [-0.05, 0) is 24.1 Å². The first-order valence-electron chi connectivity index (χ1n) is 3.25. The van der Waals surface area contributed by atoms with Gasteiger partial charge in [0.25, 0.3) is 0 Å². The fraction of sp³-hybridized carbons (Fsp3) is 0.250. The van der Waals surface area contributed by atoms with Crippen molar-refractivity contribution in [2.45, 2.75) is 13.3 Å². The molecule has 0 unspecified atom stereocenters. The van der Waals surface area contributed by atoms with Crippen LogP contribution in [0.3, 0.4) is 0 Å². The van der Waals surface area contributed by atoms with Crippen molar-refractivity contribution in [3.8, 4) is 11.5 Å². The second-order valence-corrected chi connectivity index (χ2v) is 2.18. The second-order valence-electron chi connectivity index (χ2n) is 2.18. The van der Waals surface area contributed by atoms with Crippen molar-refractivity contribution >= 4 is 12.4 Å². The van der Waals surface area contributed by atoms with Crippen molar-refractivity contribution in [1.29, 1.82) is 0 Å². The maximum Gasteiger partial charge on any atom is 0.157 e. The molecule has 0 amide bonds. The van der Waals surface area contributed by atoms with Crippen LogP contribution in [-0.2, 0) is 6.42 Å². The number of benzene rings is 1. The van der Waals surface area contributed by atoms with Crippen LogP contribution >= 0.6 is 12.4 Å². The number of hydrogen-bond acceptors (Lipinski definition) is 3. The Kier molecular flexibility index (Phi) is 6.47. The van der Waals surface area contributed by atoms with Crippen LogP contribution < -0.4 is 6.15 Å². The standard InChI is InChI=1S/C8H10O2.ClH.H3N/c1-2-6-3-4-7(9)8(10)5-6;;/h3-5,9-10H,2H2,1H3;1H;1H3. The third kappa shape index (κ3) is 2.98. The van der Waals surface area contributed by atoms with Gasteiger partial charge in [0.05, 0.1) is 0 Å². The lowest BCUT2D eigenvalue weighted by Gasteiger charge is -1.98. The zero-order valence-corrected chi connectivity index (χ0v) is 7.77. The monoisotopic (exact) mass is 191 g/mol. The van der Waals surface area contributed by atoms with Gasteiger partial charge in [-0.2, -0.15) is 0 Å². The minimum absolute atomic E-state index is 0. The molecule has 0 aliphatic rings. The smallest absolute Gasteiger partial charge is 0.157 e. The molecule has 70 valence electrons. The van der Waals surface area contributed by atoms with Crippen molar-refractivity contribution in [3.63, 3.8) is 0 Å². The molecule has 1 rings (SSSR count). The molecule has 1 aromatic carbocycles. The van der Waals surface area contributed by atoms with Gasteiger partial charge in [-0.25, -0.2) is 0 Å². The van der Waals surface area contributed by atoms with E-state index in [2.05, 4.69) is 0 Å². The first kappa shape index (κ1) is 13.6. The van der Waals surface area contributed by atoms with Crippen LogP contribution in [0, 0.1) is 0 Å². The van der Waals surface area contributed by atoms with Crippen LogP contribution in [0.2, 0.25) is 0 Å². The predicted octanol–water partition coefficient (Wildman–Crippen LogP) is 2.24. The first-order chi connectivity index (χ1) is 4.74. The highest BCUT2D eigenvalue weighted by atomic mass is 35.5. The number of rotatable bonds is 1. The highest BCUT2D eigenvalue weighted by Crippen LogP contribution is 2.24. The Labute approximate surface area is 78.0 Å². The van der Waals surface area contributed by atoms with Crippen molar-refractivity contribution in [2.75, 3.05) is 0 Å². The zero-order chi connectivity index (χ0) is 7.56. The molecule has 0 atom stereocenters. The number of hydrogen-bond donors (Lipinski definition) is 3. The van der Waals surface area contributed by atoms with E-state index >= 15 is 0 Å². The van der Waals surface area contributed by atoms with E-state index < -0.39 is 0 Å². The number of aryl methyl sites for hydroxylation is 1. The Morgan fingerprint density at radius 2 is 1.75 bits per heavy atom. The summed E-state index contributed by atoms with van der Waals surface area (Å²) in [5.41, 5.74) is 1.02. The third-order valence-electron chi connectivity index (χ3n) is 1.45. The van der Waals surface area contributed by atoms with E-state index in [4.69, 9.17) is 10.2 Å². The molecule has 3 nitrogen and oxygen atoms in total. The minimum atomic E-state index is -0.0581. The summed E-state index contributed by atoms with van der Waals surface area (Å²) in [4.78, 5) is 0. The molecule has 1 aromatic rings. The van der Waals surface area contributed by atoms with Gasteiger partial charge < -0.3 is 16.4 Å². The van der Waals surface area contributed by atoms with Gasteiger partial charge in [-0.3, -0.25) is 0 Å². The Morgan fingerprint density at radius 3 is 2.17 bits per heavy atom. The lowest BCUT2D eigenvalue weighted by molar-refractivity contribution is 0.403. The van der Waals surface area contributed by atoms with Gasteiger partial charge in [-0.15, -0.1) is 12.4 Å². The maximum absolute atomic E-state index is 8.98. The number of phenolic OH excluding ortho intramolecular Hbond substituents is 2. The van der Waals surface area contributed by atoms with Gasteiger partial charge >= 0.3 is 0 Å². The molecule has 0 aromatic heterocycles. The van der Waals surface area contributed by atoms with E-state index in [1.807, 2.05) is 6.92 Å². The van der Waals surface area contributed by atoms with E-state index in [1.54, 1.807) is 12.1 Å². The summed E-state index contributed by atoms with van der Waals surface area (Å²) in [5, 5.41) is 17.9. The zero-order valence-electron chi connectivity index (χ0n) is 6.95. The summed E-state index contributed by atoms with van der Waals surface area (Å²) >= 11 is 0. The third-order valence-corrected chi connectivity index (χ3v) is 1.45. The van der Waals surface area contributed by atoms with Crippen molar-refractivity contribution in [1.82, 2.24) is 6.15 Å². The predicted molar refractivity (Wildman–Crippen MR) is 51.4 cm³/mol. The van der Waals surface area contributed by atoms with Crippen molar-refractivity contribution in [2.24, 2.45) is 0 Å². The van der Waals surface area contributed by atoms with Crippen LogP contribution in [0.1, 0.15) is 12.5 Å². The van der Waals surface area contributed by atoms with Crippen molar-refractivity contribution < 1.29 is 10.2 Å². The van der Waals surface area contributed by atoms with E-state index in [-0.39, 0.29) is 30.1 Å². The minimum Gasteiger partial charge on any atom is -0.504 e. The highest BCUT2D eigenvalue weighted by molar-refractivity contribution is 5.85. The van der Waals surface area contributed by atoms with Gasteiger partial charge in [-0.1, -0.05) is 13.0 Å². The van der Waals surface area contributed by atoms with E-state index in [1.165, 1.54) is 6.07 Å². The quantitative estimate of drug-likeness (QED) is 0.596. The van der Waals surface area contributed by atoms with Crippen LogP contribution in [0.4, 0.5) is 0 Å². The summed E-state index contributed by atoms with van der Waals surface area (Å²) in [6.45, 7) is 1.99. The lowest BCUT2D eigenvalue weighted by Crippen LogP contribution is -1.77. The topological polar surface area (TPSA) is 75.5 Å². The number of phenols is 2. The lowest BCUT2D eigenvalue weighted by atomic mass is 10.1. The molecule has 0 saturated heterocycles. The highest BCUT2D eigenvalue weighted by Gasteiger charge is 1.97. The summed E-state index contributed by atoms with van der Waals surface area (Å²) < 4.78 is 0. The molecule has 0 aliphatic heterocycles. The number of aromatic hydroxyl groups is 2. The molecular formula is C8H14ClNO2. The van der Waals surface area contributed by atoms with E-state index in [9.17, 15) is 0 Å². The summed E-state index contributed by atoms with van der Waals surface area (Å²) in [7, 11) is 0. The molecule has 5 N–H and O–H groups in total. The van der Waals surface area contributed by atoms with Crippen LogP contribution in [-0.4, -0.2) is 10.2 Å². The molecule has 0 spiro atoms. The summed E-state index contributed by atoms with van der Waals surface area (Å²) in [6, 6.07) is 4.85. The van der Waals surface area contributed by atoms with Gasteiger partial charge in [0.2, 0.25) is 0 Å². The molecular weight excluding hydrogens is 178 g/mol. The van der Waals surface area contributed by atoms with E-state index in [0.717, 1.165) is 12.0 Å². The fourth-order valence-electron chi connectivity index (χ4n) is 0.789. The fourth-order valence-corrected chi connectivity index (χ4v) is 0.789. The Hall–Kier alpha value is -0.930. The Balaban J connectivity index is 0. The second kappa shape index (κ2) is 5.69. The molecule has 0 fully saturated rings. The average molecular weight is 192 g/mol. The Morgan fingerprint density at radius 1 is 1.17 bits per heavy atom. The maximum atomic E-state index is 8.98. The summed E-state index contributed by atoms with van der Waals surface area (Å²) in [6.07, 6.45) is 0.869. The molecule has 0 saturated carbocycles. The van der Waals surface area contributed by atoms with Crippen LogP contribution in [0.5, 0.6) is 11.5 Å². The van der Waals surface area contributed by atoms with Crippen molar-refractivity contribution in [3.05, 3.63) is 23.8 Å². The Bertz CT molecular complexity index is 240. The molecule has 0 bridgehead atoms. The molecule has 0 heterocycles. The molecule has 0 aliphatic carbocycles. The number of halogens is 1. The molecule has 4 heteroatoms. The first-order valence-corrected chi connectivity index (χ1v) is 3.25. The van der Waals surface area contributed by atoms with Gasteiger partial charge in [0, 0.05) is 0 Å². The normalized spacial score (nSPS) is 8.08. The van der Waals surface area contributed by atoms with Gasteiger partial charge in [0.15, 0.2) is 11.5 Å². The largest absolute Gasteiger partial charge is 0.504 e. The van der Waals surface area contributed by atoms with E-state index in [0.29, 0.717) is 0 Å². The average Bonchev–Trinajstić information content (AvgIpc) is 1.95.